The van der Waals surface area contributed by atoms with Crippen molar-refractivity contribution in [2.75, 3.05) is 26.9 Å². The number of carbonyl (C=O) groups is 2. The van der Waals surface area contributed by atoms with Crippen LogP contribution in [0.2, 0.25) is 0 Å². The van der Waals surface area contributed by atoms with Crippen LogP contribution in [0.1, 0.15) is 15.9 Å². The summed E-state index contributed by atoms with van der Waals surface area (Å²) in [6, 6.07) is 9.44. The van der Waals surface area contributed by atoms with Crippen molar-refractivity contribution in [1.29, 1.82) is 0 Å². The quantitative estimate of drug-likeness (QED) is 0.505. The Hall–Kier alpha value is -3.75. The molecule has 9 heteroatoms. The topological polar surface area (TPSA) is 118 Å². The van der Waals surface area contributed by atoms with Crippen LogP contribution < -0.4 is 25.0 Å². The molecule has 0 saturated heterocycles. The van der Waals surface area contributed by atoms with Gasteiger partial charge in [0.05, 0.1) is 19.9 Å². The largest absolute Gasteiger partial charge is 0.504 e. The van der Waals surface area contributed by atoms with Gasteiger partial charge in [0.2, 0.25) is 0 Å². The van der Waals surface area contributed by atoms with Crippen LogP contribution in [0.5, 0.6) is 23.0 Å². The first-order valence-electron chi connectivity index (χ1n) is 8.43. The molecule has 0 fully saturated rings. The van der Waals surface area contributed by atoms with E-state index in [1.807, 2.05) is 0 Å². The maximum atomic E-state index is 12.2. The highest BCUT2D eigenvalue weighted by molar-refractivity contribution is 5.97. The molecule has 3 rings (SSSR count). The highest BCUT2D eigenvalue weighted by Crippen LogP contribution is 2.30. The SMILES string of the molecule is COc1cc(/C=N\NC(=O)CNC(=O)c2ccc3c(c2)OCCO3)ccc1O. The fourth-order valence-electron chi connectivity index (χ4n) is 2.44. The number of amides is 2. The number of nitrogens with zero attached hydrogens (tertiary/aromatic N) is 1. The van der Waals surface area contributed by atoms with Gasteiger partial charge in [0.25, 0.3) is 11.8 Å². The Morgan fingerprint density at radius 1 is 1.18 bits per heavy atom. The summed E-state index contributed by atoms with van der Waals surface area (Å²) in [6.07, 6.45) is 1.39. The average molecular weight is 385 g/mol. The number of hydrazone groups is 1. The zero-order valence-corrected chi connectivity index (χ0v) is 15.1. The van der Waals surface area contributed by atoms with E-state index in [9.17, 15) is 14.7 Å². The first-order chi connectivity index (χ1) is 13.6. The Morgan fingerprint density at radius 2 is 1.96 bits per heavy atom. The second-order valence-corrected chi connectivity index (χ2v) is 5.77. The third-order valence-electron chi connectivity index (χ3n) is 3.82. The minimum atomic E-state index is -0.493. The molecule has 3 N–H and O–H groups in total. The van der Waals surface area contributed by atoms with Crippen molar-refractivity contribution in [2.24, 2.45) is 5.10 Å². The normalized spacial score (nSPS) is 12.5. The van der Waals surface area contributed by atoms with Gasteiger partial charge in [-0.2, -0.15) is 5.10 Å². The van der Waals surface area contributed by atoms with Crippen LogP contribution in [0.4, 0.5) is 0 Å². The van der Waals surface area contributed by atoms with E-state index in [0.29, 0.717) is 41.6 Å². The molecule has 1 aliphatic rings. The van der Waals surface area contributed by atoms with Crippen molar-refractivity contribution < 1.29 is 28.9 Å². The van der Waals surface area contributed by atoms with Crippen LogP contribution in [0.25, 0.3) is 0 Å². The Kier molecular flexibility index (Phi) is 5.95. The Balaban J connectivity index is 1.49. The lowest BCUT2D eigenvalue weighted by Crippen LogP contribution is -2.35. The lowest BCUT2D eigenvalue weighted by Gasteiger charge is -2.18. The van der Waals surface area contributed by atoms with Crippen molar-refractivity contribution in [3.8, 4) is 23.0 Å². The second kappa shape index (κ2) is 8.76. The van der Waals surface area contributed by atoms with Gasteiger partial charge in [-0.15, -0.1) is 0 Å². The average Bonchev–Trinajstić information content (AvgIpc) is 2.72. The number of phenolic OH excluding ortho intramolecular Hbond substituents is 1. The van der Waals surface area contributed by atoms with E-state index >= 15 is 0 Å². The molecule has 2 aromatic rings. The fourth-order valence-corrected chi connectivity index (χ4v) is 2.44. The Labute approximate surface area is 160 Å². The number of hydrogen-bond acceptors (Lipinski definition) is 7. The highest BCUT2D eigenvalue weighted by Gasteiger charge is 2.15. The molecule has 0 bridgehead atoms. The van der Waals surface area contributed by atoms with Crippen molar-refractivity contribution in [3.05, 3.63) is 47.5 Å². The molecule has 0 aliphatic carbocycles. The molecule has 28 heavy (non-hydrogen) atoms. The van der Waals surface area contributed by atoms with E-state index in [1.54, 1.807) is 30.3 Å². The number of phenols is 1. The van der Waals surface area contributed by atoms with Crippen LogP contribution in [0, 0.1) is 0 Å². The van der Waals surface area contributed by atoms with E-state index in [1.165, 1.54) is 19.4 Å². The van der Waals surface area contributed by atoms with Crippen molar-refractivity contribution in [1.82, 2.24) is 10.7 Å². The van der Waals surface area contributed by atoms with Gasteiger partial charge < -0.3 is 24.6 Å². The number of aromatic hydroxyl groups is 1. The molecule has 1 aliphatic heterocycles. The molecule has 2 aromatic carbocycles. The van der Waals surface area contributed by atoms with Gasteiger partial charge >= 0.3 is 0 Å². The van der Waals surface area contributed by atoms with E-state index in [2.05, 4.69) is 15.8 Å². The summed E-state index contributed by atoms with van der Waals surface area (Å²) in [5.74, 6) is 0.470. The molecule has 1 heterocycles. The first-order valence-corrected chi connectivity index (χ1v) is 8.43. The predicted molar refractivity (Wildman–Crippen MR) is 100 cm³/mol. The van der Waals surface area contributed by atoms with Gasteiger partial charge in [-0.05, 0) is 42.0 Å². The molecule has 0 atom stereocenters. The lowest BCUT2D eigenvalue weighted by atomic mass is 10.2. The van der Waals surface area contributed by atoms with E-state index in [4.69, 9.17) is 14.2 Å². The monoisotopic (exact) mass is 385 g/mol. The maximum absolute atomic E-state index is 12.2. The zero-order valence-electron chi connectivity index (χ0n) is 15.1. The second-order valence-electron chi connectivity index (χ2n) is 5.77. The standard InChI is InChI=1S/C19H19N3O6/c1-26-16-8-12(2-4-14(16)23)10-21-22-18(24)11-20-19(25)13-3-5-15-17(9-13)28-7-6-27-15/h2-5,8-10,23H,6-7,11H2,1H3,(H,20,25)(H,22,24)/b21-10-. The predicted octanol–water partition coefficient (Wildman–Crippen LogP) is 1.05. The molecule has 146 valence electrons. The number of nitrogens with one attached hydrogen (secondary N) is 2. The molecular weight excluding hydrogens is 366 g/mol. The number of carbonyl (C=O) groups excluding carboxylic acids is 2. The molecular formula is C19H19N3O6. The number of methoxy groups -OCH3 is 1. The van der Waals surface area contributed by atoms with Crippen LogP contribution >= 0.6 is 0 Å². The number of benzene rings is 2. The van der Waals surface area contributed by atoms with Gasteiger partial charge in [-0.3, -0.25) is 9.59 Å². The third-order valence-corrected chi connectivity index (χ3v) is 3.82. The molecule has 0 radical (unpaired) electrons. The lowest BCUT2D eigenvalue weighted by molar-refractivity contribution is -0.120. The van der Waals surface area contributed by atoms with Gasteiger partial charge in [0.1, 0.15) is 13.2 Å². The minimum Gasteiger partial charge on any atom is -0.504 e. The molecule has 0 spiro atoms. The van der Waals surface area contributed by atoms with E-state index in [0.717, 1.165) is 0 Å². The zero-order chi connectivity index (χ0) is 19.9. The number of rotatable bonds is 6. The van der Waals surface area contributed by atoms with Crippen LogP contribution in [-0.4, -0.2) is 50.0 Å². The van der Waals surface area contributed by atoms with Gasteiger partial charge in [0.15, 0.2) is 23.0 Å². The van der Waals surface area contributed by atoms with Crippen molar-refractivity contribution >= 4 is 18.0 Å². The summed E-state index contributed by atoms with van der Waals surface area (Å²) in [5, 5.41) is 15.8. The number of fused-ring (bicyclic) bond motifs is 1. The van der Waals surface area contributed by atoms with E-state index < -0.39 is 11.8 Å². The van der Waals surface area contributed by atoms with Crippen molar-refractivity contribution in [2.45, 2.75) is 0 Å². The molecule has 2 amide bonds. The third kappa shape index (κ3) is 4.70. The summed E-state index contributed by atoms with van der Waals surface area (Å²) in [6.45, 7) is 0.644. The highest BCUT2D eigenvalue weighted by atomic mass is 16.6. The maximum Gasteiger partial charge on any atom is 0.259 e. The van der Waals surface area contributed by atoms with Gasteiger partial charge in [0, 0.05) is 5.56 Å². The smallest absolute Gasteiger partial charge is 0.259 e. The molecule has 0 saturated carbocycles. The summed E-state index contributed by atoms with van der Waals surface area (Å²) in [4.78, 5) is 24.0. The summed E-state index contributed by atoms with van der Waals surface area (Å²) in [5.41, 5.74) is 3.29. The number of ether oxygens (including phenoxy) is 3. The Morgan fingerprint density at radius 3 is 2.75 bits per heavy atom. The number of hydrogen-bond donors (Lipinski definition) is 3. The van der Waals surface area contributed by atoms with Crippen LogP contribution in [0.3, 0.4) is 0 Å². The molecule has 0 unspecified atom stereocenters. The summed E-state index contributed by atoms with van der Waals surface area (Å²) in [7, 11) is 1.43. The van der Waals surface area contributed by atoms with Crippen LogP contribution in [-0.2, 0) is 4.79 Å². The summed E-state index contributed by atoms with van der Waals surface area (Å²) < 4.78 is 15.8. The molecule has 9 nitrogen and oxygen atoms in total. The van der Waals surface area contributed by atoms with Crippen molar-refractivity contribution in [3.63, 3.8) is 0 Å². The fraction of sp³-hybridized carbons (Fsp3) is 0.211. The molecule has 0 aromatic heterocycles. The Bertz CT molecular complexity index is 913. The minimum absolute atomic E-state index is 0.00513. The first kappa shape index (κ1) is 19.0. The van der Waals surface area contributed by atoms with Crippen LogP contribution in [0.15, 0.2) is 41.5 Å². The van der Waals surface area contributed by atoms with Gasteiger partial charge in [-0.1, -0.05) is 0 Å². The van der Waals surface area contributed by atoms with E-state index in [-0.39, 0.29) is 12.3 Å². The van der Waals surface area contributed by atoms with Gasteiger partial charge in [-0.25, -0.2) is 5.43 Å². The summed E-state index contributed by atoms with van der Waals surface area (Å²) >= 11 is 0.